The molecule has 2 N–H and O–H groups in total. The zero-order valence-electron chi connectivity index (χ0n) is 18.5. The first-order chi connectivity index (χ1) is 15.2. The van der Waals surface area contributed by atoms with Gasteiger partial charge in [0, 0.05) is 6.42 Å². The summed E-state index contributed by atoms with van der Waals surface area (Å²) < 4.78 is 9.71. The summed E-state index contributed by atoms with van der Waals surface area (Å²) in [6.07, 6.45) is -0.463. The van der Waals surface area contributed by atoms with Crippen LogP contribution in [0.1, 0.15) is 38.7 Å². The molecule has 1 aliphatic heterocycles. The van der Waals surface area contributed by atoms with Crippen LogP contribution in [0.25, 0.3) is 0 Å². The molecule has 0 unspecified atom stereocenters. The molecule has 1 fully saturated rings. The van der Waals surface area contributed by atoms with Gasteiger partial charge in [0.25, 0.3) is 0 Å². The van der Waals surface area contributed by atoms with Crippen molar-refractivity contribution < 1.29 is 33.4 Å². The normalized spacial score (nSPS) is 16.4. The third kappa shape index (κ3) is 7.07. The minimum atomic E-state index is -1.08. The van der Waals surface area contributed by atoms with Crippen LogP contribution < -0.4 is 10.6 Å². The van der Waals surface area contributed by atoms with Gasteiger partial charge < -0.3 is 20.1 Å². The highest BCUT2D eigenvalue weighted by atomic mass is 16.6. The number of ether oxygens (including phenoxy) is 2. The van der Waals surface area contributed by atoms with Crippen LogP contribution in [-0.2, 0) is 35.3 Å². The van der Waals surface area contributed by atoms with E-state index in [1.807, 2.05) is 19.9 Å². The van der Waals surface area contributed by atoms with E-state index >= 15 is 0 Å². The lowest BCUT2D eigenvalue weighted by Gasteiger charge is -2.25. The lowest BCUT2D eigenvalue weighted by atomic mass is 10.0. The molecule has 174 valence electrons. The van der Waals surface area contributed by atoms with Gasteiger partial charge in [-0.3, -0.25) is 19.2 Å². The third-order valence-electron chi connectivity index (χ3n) is 4.89. The molecule has 0 aliphatic carbocycles. The summed E-state index contributed by atoms with van der Waals surface area (Å²) in [7, 11) is 1.20. The van der Waals surface area contributed by atoms with Crippen molar-refractivity contribution in [2.75, 3.05) is 13.7 Å². The number of rotatable bonds is 9. The van der Waals surface area contributed by atoms with E-state index in [9.17, 15) is 24.0 Å². The molecule has 0 bridgehead atoms. The number of imide groups is 1. The van der Waals surface area contributed by atoms with Gasteiger partial charge in [-0.1, -0.05) is 44.2 Å². The smallest absolute Gasteiger partial charge is 0.417 e. The maximum Gasteiger partial charge on any atom is 0.417 e. The average Bonchev–Trinajstić information content (AvgIpc) is 3.17. The number of nitrogens with one attached hydrogen (secondary N) is 2. The number of amides is 4. The number of likely N-dealkylation sites (tertiary alicyclic amines) is 1. The molecule has 1 aliphatic rings. The standard InChI is InChI=1S/C22H29N3O7/c1-14(2)11-16(20(28)23-12-19(27)31-3)24-21(29)17-9-10-18(26)25(17)22(30)32-13-15-7-5-4-6-8-15/h4-8,14,16-17H,9-13H2,1-3H3,(H,23,28)(H,24,29)/t16-,17-/m1/s1. The molecular formula is C22H29N3O7. The molecule has 0 spiro atoms. The fourth-order valence-electron chi connectivity index (χ4n) is 3.28. The summed E-state index contributed by atoms with van der Waals surface area (Å²) in [6.45, 7) is 3.38. The van der Waals surface area contributed by atoms with Crippen molar-refractivity contribution in [2.24, 2.45) is 5.92 Å². The molecular weight excluding hydrogens is 418 g/mol. The van der Waals surface area contributed by atoms with Gasteiger partial charge in [-0.15, -0.1) is 0 Å². The van der Waals surface area contributed by atoms with Crippen LogP contribution in [0.4, 0.5) is 4.79 Å². The first-order valence-electron chi connectivity index (χ1n) is 10.4. The summed E-state index contributed by atoms with van der Waals surface area (Å²) in [5.74, 6) is -2.27. The number of hydrogen-bond donors (Lipinski definition) is 2. The van der Waals surface area contributed by atoms with Crippen LogP contribution in [0.3, 0.4) is 0 Å². The van der Waals surface area contributed by atoms with Crippen LogP contribution in [0.5, 0.6) is 0 Å². The monoisotopic (exact) mass is 447 g/mol. The molecule has 0 radical (unpaired) electrons. The van der Waals surface area contributed by atoms with E-state index < -0.39 is 41.9 Å². The summed E-state index contributed by atoms with van der Waals surface area (Å²) in [4.78, 5) is 62.3. The minimum Gasteiger partial charge on any atom is -0.468 e. The van der Waals surface area contributed by atoms with Gasteiger partial charge in [0.05, 0.1) is 7.11 Å². The number of benzene rings is 1. The van der Waals surface area contributed by atoms with Crippen LogP contribution in [0.2, 0.25) is 0 Å². The zero-order valence-corrected chi connectivity index (χ0v) is 18.5. The summed E-state index contributed by atoms with van der Waals surface area (Å²) in [6, 6.07) is 6.93. The van der Waals surface area contributed by atoms with Gasteiger partial charge in [-0.25, -0.2) is 9.69 Å². The highest BCUT2D eigenvalue weighted by Gasteiger charge is 2.42. The quantitative estimate of drug-likeness (QED) is 0.543. The summed E-state index contributed by atoms with van der Waals surface area (Å²) in [5, 5.41) is 5.02. The van der Waals surface area contributed by atoms with Crippen molar-refractivity contribution in [1.82, 2.24) is 15.5 Å². The number of nitrogens with zero attached hydrogens (tertiary/aromatic N) is 1. The molecule has 1 heterocycles. The molecule has 0 aromatic heterocycles. The second-order valence-corrected chi connectivity index (χ2v) is 7.84. The molecule has 32 heavy (non-hydrogen) atoms. The van der Waals surface area contributed by atoms with Crippen molar-refractivity contribution >= 4 is 29.8 Å². The van der Waals surface area contributed by atoms with Crippen molar-refractivity contribution in [3.63, 3.8) is 0 Å². The van der Waals surface area contributed by atoms with Gasteiger partial charge in [0.1, 0.15) is 25.2 Å². The van der Waals surface area contributed by atoms with Crippen LogP contribution in [0.15, 0.2) is 30.3 Å². The second kappa shape index (κ2) is 11.8. The van der Waals surface area contributed by atoms with Crippen LogP contribution in [-0.4, -0.2) is 60.4 Å². The van der Waals surface area contributed by atoms with Crippen molar-refractivity contribution in [3.05, 3.63) is 35.9 Å². The van der Waals surface area contributed by atoms with Gasteiger partial charge in [0.15, 0.2) is 0 Å². The lowest BCUT2D eigenvalue weighted by molar-refractivity contribution is -0.141. The average molecular weight is 447 g/mol. The molecule has 0 saturated carbocycles. The highest BCUT2D eigenvalue weighted by Crippen LogP contribution is 2.21. The van der Waals surface area contributed by atoms with E-state index in [4.69, 9.17) is 4.74 Å². The fraction of sp³-hybridized carbons (Fsp3) is 0.500. The SMILES string of the molecule is COC(=O)CNC(=O)[C@@H](CC(C)C)NC(=O)[C@H]1CCC(=O)N1C(=O)OCc1ccccc1. The zero-order chi connectivity index (χ0) is 23.7. The molecule has 2 atom stereocenters. The predicted octanol–water partition coefficient (Wildman–Crippen LogP) is 1.13. The molecule has 1 aromatic rings. The summed E-state index contributed by atoms with van der Waals surface area (Å²) >= 11 is 0. The van der Waals surface area contributed by atoms with Crippen molar-refractivity contribution in [2.45, 2.75) is 51.8 Å². The highest BCUT2D eigenvalue weighted by molar-refractivity contribution is 6.01. The number of hydrogen-bond acceptors (Lipinski definition) is 7. The number of carbonyl (C=O) groups excluding carboxylic acids is 5. The third-order valence-corrected chi connectivity index (χ3v) is 4.89. The maximum absolute atomic E-state index is 12.9. The first kappa shape index (κ1) is 24.8. The molecule has 10 nitrogen and oxygen atoms in total. The topological polar surface area (TPSA) is 131 Å². The Kier molecular flexibility index (Phi) is 9.18. The second-order valence-electron chi connectivity index (χ2n) is 7.84. The van der Waals surface area contributed by atoms with Crippen LogP contribution in [0, 0.1) is 5.92 Å². The Hall–Kier alpha value is -3.43. The lowest BCUT2D eigenvalue weighted by Crippen LogP contribution is -2.54. The summed E-state index contributed by atoms with van der Waals surface area (Å²) in [5.41, 5.74) is 0.743. The molecule has 10 heteroatoms. The molecule has 1 aromatic carbocycles. The molecule has 4 amide bonds. The van der Waals surface area contributed by atoms with E-state index in [-0.39, 0.29) is 31.9 Å². The van der Waals surface area contributed by atoms with E-state index in [1.54, 1.807) is 24.3 Å². The van der Waals surface area contributed by atoms with E-state index in [0.717, 1.165) is 10.5 Å². The van der Waals surface area contributed by atoms with Crippen molar-refractivity contribution in [1.29, 1.82) is 0 Å². The Balaban J connectivity index is 2.03. The largest absolute Gasteiger partial charge is 0.468 e. The Morgan fingerprint density at radius 2 is 1.84 bits per heavy atom. The van der Waals surface area contributed by atoms with Crippen LogP contribution >= 0.6 is 0 Å². The van der Waals surface area contributed by atoms with E-state index in [0.29, 0.717) is 6.42 Å². The maximum atomic E-state index is 12.9. The first-order valence-corrected chi connectivity index (χ1v) is 10.4. The van der Waals surface area contributed by atoms with Gasteiger partial charge in [-0.2, -0.15) is 0 Å². The Morgan fingerprint density at radius 3 is 2.47 bits per heavy atom. The van der Waals surface area contributed by atoms with Gasteiger partial charge in [0.2, 0.25) is 17.7 Å². The van der Waals surface area contributed by atoms with E-state index in [1.165, 1.54) is 7.11 Å². The van der Waals surface area contributed by atoms with Gasteiger partial charge >= 0.3 is 12.1 Å². The Morgan fingerprint density at radius 1 is 1.16 bits per heavy atom. The van der Waals surface area contributed by atoms with E-state index in [2.05, 4.69) is 15.4 Å². The molecule has 1 saturated heterocycles. The minimum absolute atomic E-state index is 0.0158. The number of esters is 1. The predicted molar refractivity (Wildman–Crippen MR) is 113 cm³/mol. The fourth-order valence-corrected chi connectivity index (χ4v) is 3.28. The van der Waals surface area contributed by atoms with Crippen molar-refractivity contribution in [3.8, 4) is 0 Å². The molecule has 2 rings (SSSR count). The Labute approximate surface area is 186 Å². The number of methoxy groups -OCH3 is 1. The Bertz CT molecular complexity index is 841. The number of carbonyl (C=O) groups is 5. The van der Waals surface area contributed by atoms with Gasteiger partial charge in [-0.05, 0) is 24.3 Å².